The molecule has 0 saturated heterocycles. The minimum atomic E-state index is -0.980. The summed E-state index contributed by atoms with van der Waals surface area (Å²) >= 11 is 0. The number of carboxylic acids is 1. The predicted molar refractivity (Wildman–Crippen MR) is 48.4 cm³/mol. The SMILES string of the molecule is CCC[C@@H](NC(=O)CNC)C(=O)O. The van der Waals surface area contributed by atoms with Gasteiger partial charge in [-0.15, -0.1) is 0 Å². The quantitative estimate of drug-likeness (QED) is 0.529. The van der Waals surface area contributed by atoms with Crippen LogP contribution in [0, 0.1) is 0 Å². The third-order valence-corrected chi connectivity index (χ3v) is 1.55. The molecule has 0 unspecified atom stereocenters. The maximum Gasteiger partial charge on any atom is 0.326 e. The number of amides is 1. The number of hydrogen-bond acceptors (Lipinski definition) is 3. The molecule has 0 spiro atoms. The summed E-state index contributed by atoms with van der Waals surface area (Å²) in [4.78, 5) is 21.6. The smallest absolute Gasteiger partial charge is 0.326 e. The Balaban J connectivity index is 3.94. The van der Waals surface area contributed by atoms with Crippen molar-refractivity contribution in [3.63, 3.8) is 0 Å². The summed E-state index contributed by atoms with van der Waals surface area (Å²) in [5, 5.41) is 13.8. The standard InChI is InChI=1S/C8H16N2O3/c1-3-4-6(8(12)13)10-7(11)5-9-2/h6,9H,3-5H2,1-2H3,(H,10,11)(H,12,13)/t6-/m1/s1. The van der Waals surface area contributed by atoms with Crippen LogP contribution in [0.1, 0.15) is 19.8 Å². The van der Waals surface area contributed by atoms with Gasteiger partial charge < -0.3 is 15.7 Å². The van der Waals surface area contributed by atoms with Crippen molar-refractivity contribution in [3.05, 3.63) is 0 Å². The summed E-state index contributed by atoms with van der Waals surface area (Å²) in [6, 6.07) is -0.758. The molecule has 0 saturated carbocycles. The molecule has 0 aromatic carbocycles. The van der Waals surface area contributed by atoms with Crippen LogP contribution in [0.15, 0.2) is 0 Å². The van der Waals surface area contributed by atoms with E-state index < -0.39 is 12.0 Å². The van der Waals surface area contributed by atoms with Crippen molar-refractivity contribution in [1.82, 2.24) is 10.6 Å². The predicted octanol–water partition coefficient (Wildman–Crippen LogP) is -0.425. The van der Waals surface area contributed by atoms with Gasteiger partial charge in [0.05, 0.1) is 6.54 Å². The number of nitrogens with one attached hydrogen (secondary N) is 2. The first-order chi connectivity index (χ1) is 6.11. The maximum absolute atomic E-state index is 11.0. The lowest BCUT2D eigenvalue weighted by Crippen LogP contribution is -2.43. The minimum absolute atomic E-state index is 0.146. The van der Waals surface area contributed by atoms with E-state index in [1.165, 1.54) is 0 Å². The second-order valence-corrected chi connectivity index (χ2v) is 2.78. The van der Waals surface area contributed by atoms with E-state index in [2.05, 4.69) is 10.6 Å². The van der Waals surface area contributed by atoms with E-state index in [4.69, 9.17) is 5.11 Å². The van der Waals surface area contributed by atoms with Gasteiger partial charge in [-0.2, -0.15) is 0 Å². The van der Waals surface area contributed by atoms with Crippen LogP contribution in [-0.2, 0) is 9.59 Å². The van der Waals surface area contributed by atoms with Crippen molar-refractivity contribution in [1.29, 1.82) is 0 Å². The van der Waals surface area contributed by atoms with Crippen LogP contribution in [0.2, 0.25) is 0 Å². The molecule has 1 atom stereocenters. The topological polar surface area (TPSA) is 78.4 Å². The van der Waals surface area contributed by atoms with E-state index in [9.17, 15) is 9.59 Å². The summed E-state index contributed by atoms with van der Waals surface area (Å²) in [5.74, 6) is -1.27. The highest BCUT2D eigenvalue weighted by Gasteiger charge is 2.17. The molecule has 0 fully saturated rings. The van der Waals surface area contributed by atoms with Crippen molar-refractivity contribution in [2.24, 2.45) is 0 Å². The van der Waals surface area contributed by atoms with Crippen LogP contribution in [-0.4, -0.2) is 36.6 Å². The third kappa shape index (κ3) is 5.19. The van der Waals surface area contributed by atoms with Crippen molar-refractivity contribution in [3.8, 4) is 0 Å². The number of carbonyl (C=O) groups excluding carboxylic acids is 1. The van der Waals surface area contributed by atoms with Gasteiger partial charge in [-0.3, -0.25) is 4.79 Å². The van der Waals surface area contributed by atoms with E-state index >= 15 is 0 Å². The first-order valence-electron chi connectivity index (χ1n) is 4.28. The largest absolute Gasteiger partial charge is 0.480 e. The molecule has 5 heteroatoms. The molecule has 1 amide bonds. The Kier molecular flexibility index (Phi) is 5.88. The molecule has 5 nitrogen and oxygen atoms in total. The molecule has 0 aromatic rings. The molecule has 0 rings (SSSR count). The van der Waals surface area contributed by atoms with Crippen LogP contribution in [0.4, 0.5) is 0 Å². The Morgan fingerprint density at radius 2 is 2.08 bits per heavy atom. The van der Waals surface area contributed by atoms with Gasteiger partial charge in [0.2, 0.25) is 5.91 Å². The molecule has 76 valence electrons. The van der Waals surface area contributed by atoms with Gasteiger partial charge in [0, 0.05) is 0 Å². The highest BCUT2D eigenvalue weighted by molar-refractivity contribution is 5.84. The number of rotatable bonds is 6. The Labute approximate surface area is 77.5 Å². The van der Waals surface area contributed by atoms with E-state index in [-0.39, 0.29) is 12.5 Å². The Morgan fingerprint density at radius 3 is 2.46 bits per heavy atom. The van der Waals surface area contributed by atoms with Crippen LogP contribution in [0.3, 0.4) is 0 Å². The lowest BCUT2D eigenvalue weighted by atomic mass is 10.2. The van der Waals surface area contributed by atoms with Gasteiger partial charge in [-0.1, -0.05) is 13.3 Å². The van der Waals surface area contributed by atoms with Gasteiger partial charge in [-0.05, 0) is 13.5 Å². The molecule has 0 heterocycles. The third-order valence-electron chi connectivity index (χ3n) is 1.55. The summed E-state index contributed by atoms with van der Waals surface area (Å²) < 4.78 is 0. The van der Waals surface area contributed by atoms with Gasteiger partial charge in [0.25, 0.3) is 0 Å². The Bertz CT molecular complexity index is 182. The van der Waals surface area contributed by atoms with Crippen LogP contribution in [0.5, 0.6) is 0 Å². The fourth-order valence-corrected chi connectivity index (χ4v) is 0.952. The number of carboxylic acid groups (broad SMARTS) is 1. The molecular weight excluding hydrogens is 172 g/mol. The molecule has 0 radical (unpaired) electrons. The first kappa shape index (κ1) is 11.9. The Hall–Kier alpha value is -1.10. The molecule has 0 aliphatic carbocycles. The molecule has 13 heavy (non-hydrogen) atoms. The minimum Gasteiger partial charge on any atom is -0.480 e. The van der Waals surface area contributed by atoms with Crippen LogP contribution >= 0.6 is 0 Å². The average Bonchev–Trinajstić information content (AvgIpc) is 2.04. The van der Waals surface area contributed by atoms with Gasteiger partial charge in [-0.25, -0.2) is 4.79 Å². The van der Waals surface area contributed by atoms with Crippen molar-refractivity contribution >= 4 is 11.9 Å². The summed E-state index contributed by atoms with van der Waals surface area (Å²) in [7, 11) is 1.63. The summed E-state index contributed by atoms with van der Waals surface area (Å²) in [5.41, 5.74) is 0. The molecule has 3 N–H and O–H groups in total. The molecular formula is C8H16N2O3. The number of carbonyl (C=O) groups is 2. The summed E-state index contributed by atoms with van der Waals surface area (Å²) in [6.45, 7) is 2.02. The molecule has 0 aliphatic heterocycles. The number of aliphatic carboxylic acids is 1. The van der Waals surface area contributed by atoms with Gasteiger partial charge in [0.15, 0.2) is 0 Å². The van der Waals surface area contributed by atoms with Crippen molar-refractivity contribution in [2.75, 3.05) is 13.6 Å². The fourth-order valence-electron chi connectivity index (χ4n) is 0.952. The first-order valence-corrected chi connectivity index (χ1v) is 4.28. The van der Waals surface area contributed by atoms with Crippen molar-refractivity contribution < 1.29 is 14.7 Å². The second-order valence-electron chi connectivity index (χ2n) is 2.78. The zero-order valence-corrected chi connectivity index (χ0v) is 7.96. The van der Waals surface area contributed by atoms with Crippen molar-refractivity contribution in [2.45, 2.75) is 25.8 Å². The van der Waals surface area contributed by atoms with E-state index in [1.54, 1.807) is 7.05 Å². The Morgan fingerprint density at radius 1 is 1.46 bits per heavy atom. The summed E-state index contributed by atoms with van der Waals surface area (Å²) in [6.07, 6.45) is 1.20. The van der Waals surface area contributed by atoms with Crippen LogP contribution in [0.25, 0.3) is 0 Å². The van der Waals surface area contributed by atoms with Crippen LogP contribution < -0.4 is 10.6 Å². The van der Waals surface area contributed by atoms with E-state index in [0.717, 1.165) is 6.42 Å². The number of likely N-dealkylation sites (N-methyl/N-ethyl adjacent to an activating group) is 1. The van der Waals surface area contributed by atoms with E-state index in [0.29, 0.717) is 6.42 Å². The molecule has 0 bridgehead atoms. The second kappa shape index (κ2) is 6.42. The monoisotopic (exact) mass is 188 g/mol. The molecule has 0 aromatic heterocycles. The zero-order chi connectivity index (χ0) is 10.3. The average molecular weight is 188 g/mol. The fraction of sp³-hybridized carbons (Fsp3) is 0.750. The highest BCUT2D eigenvalue weighted by atomic mass is 16.4. The normalized spacial score (nSPS) is 12.2. The lowest BCUT2D eigenvalue weighted by Gasteiger charge is -2.12. The highest BCUT2D eigenvalue weighted by Crippen LogP contribution is 1.96. The zero-order valence-electron chi connectivity index (χ0n) is 7.96. The molecule has 0 aliphatic rings. The lowest BCUT2D eigenvalue weighted by molar-refractivity contribution is -0.141. The number of hydrogen-bond donors (Lipinski definition) is 3. The van der Waals surface area contributed by atoms with Gasteiger partial charge >= 0.3 is 5.97 Å². The van der Waals surface area contributed by atoms with Gasteiger partial charge in [0.1, 0.15) is 6.04 Å². The maximum atomic E-state index is 11.0. The van der Waals surface area contributed by atoms with E-state index in [1.807, 2.05) is 6.92 Å².